The first kappa shape index (κ1) is 13.9. The number of hydrogen-bond acceptors (Lipinski definition) is 3. The van der Waals surface area contributed by atoms with Gasteiger partial charge in [0.15, 0.2) is 0 Å². The topological polar surface area (TPSA) is 44.5 Å². The Labute approximate surface area is 121 Å². The molecule has 0 aliphatic carbocycles. The molecule has 2 rings (SSSR count). The molecule has 4 heteroatoms. The standard InChI is InChI=1S/C15H16BrNO2/c1-18-14-4-2-11(3-5-14)10-19-15-7-12(9-17)6-13(16)8-15/h2-8H,9-10,17H2,1H3. The molecule has 0 spiro atoms. The van der Waals surface area contributed by atoms with E-state index in [9.17, 15) is 0 Å². The summed E-state index contributed by atoms with van der Waals surface area (Å²) in [7, 11) is 1.65. The van der Waals surface area contributed by atoms with Gasteiger partial charge in [-0.2, -0.15) is 0 Å². The summed E-state index contributed by atoms with van der Waals surface area (Å²) in [5.74, 6) is 1.65. The van der Waals surface area contributed by atoms with Crippen molar-refractivity contribution in [2.45, 2.75) is 13.2 Å². The van der Waals surface area contributed by atoms with E-state index in [-0.39, 0.29) is 0 Å². The van der Waals surface area contributed by atoms with Crippen LogP contribution in [-0.2, 0) is 13.2 Å². The summed E-state index contributed by atoms with van der Waals surface area (Å²) in [6.45, 7) is 1.02. The first-order chi connectivity index (χ1) is 9.21. The Morgan fingerprint density at radius 2 is 1.74 bits per heavy atom. The van der Waals surface area contributed by atoms with E-state index in [1.807, 2.05) is 42.5 Å². The number of hydrogen-bond donors (Lipinski definition) is 1. The van der Waals surface area contributed by atoms with Crippen molar-refractivity contribution in [3.05, 3.63) is 58.1 Å². The maximum absolute atomic E-state index is 5.76. The zero-order chi connectivity index (χ0) is 13.7. The van der Waals surface area contributed by atoms with Crippen molar-refractivity contribution in [3.8, 4) is 11.5 Å². The molecule has 100 valence electrons. The fraction of sp³-hybridized carbons (Fsp3) is 0.200. The fourth-order valence-electron chi connectivity index (χ4n) is 1.71. The van der Waals surface area contributed by atoms with Gasteiger partial charge in [0.1, 0.15) is 18.1 Å². The van der Waals surface area contributed by atoms with E-state index in [4.69, 9.17) is 15.2 Å². The molecule has 0 atom stereocenters. The SMILES string of the molecule is COc1ccc(COc2cc(Br)cc(CN)c2)cc1. The van der Waals surface area contributed by atoms with Crippen LogP contribution in [-0.4, -0.2) is 7.11 Å². The van der Waals surface area contributed by atoms with Crippen molar-refractivity contribution in [2.75, 3.05) is 7.11 Å². The molecule has 0 saturated carbocycles. The van der Waals surface area contributed by atoms with Gasteiger partial charge in [-0.3, -0.25) is 0 Å². The first-order valence-electron chi connectivity index (χ1n) is 5.96. The number of halogens is 1. The van der Waals surface area contributed by atoms with Crippen LogP contribution in [0.4, 0.5) is 0 Å². The Kier molecular flexibility index (Phi) is 4.82. The second-order valence-corrected chi connectivity index (χ2v) is 5.05. The van der Waals surface area contributed by atoms with Crippen LogP contribution in [0.2, 0.25) is 0 Å². The van der Waals surface area contributed by atoms with Crippen LogP contribution in [0.15, 0.2) is 46.9 Å². The lowest BCUT2D eigenvalue weighted by Gasteiger charge is -2.09. The third kappa shape index (κ3) is 3.98. The van der Waals surface area contributed by atoms with Gasteiger partial charge in [-0.05, 0) is 41.5 Å². The van der Waals surface area contributed by atoms with Crippen LogP contribution >= 0.6 is 15.9 Å². The van der Waals surface area contributed by atoms with E-state index in [2.05, 4.69) is 15.9 Å². The molecule has 0 fully saturated rings. The Hall–Kier alpha value is -1.52. The van der Waals surface area contributed by atoms with Gasteiger partial charge in [0.25, 0.3) is 0 Å². The number of ether oxygens (including phenoxy) is 2. The molecule has 0 unspecified atom stereocenters. The zero-order valence-electron chi connectivity index (χ0n) is 10.7. The number of benzene rings is 2. The largest absolute Gasteiger partial charge is 0.497 e. The third-order valence-electron chi connectivity index (χ3n) is 2.73. The highest BCUT2D eigenvalue weighted by molar-refractivity contribution is 9.10. The number of nitrogens with two attached hydrogens (primary N) is 1. The van der Waals surface area contributed by atoms with Crippen LogP contribution in [0, 0.1) is 0 Å². The quantitative estimate of drug-likeness (QED) is 0.916. The fourth-order valence-corrected chi connectivity index (χ4v) is 2.23. The Morgan fingerprint density at radius 1 is 1.00 bits per heavy atom. The molecular weight excluding hydrogens is 306 g/mol. The van der Waals surface area contributed by atoms with Crippen molar-refractivity contribution in [1.82, 2.24) is 0 Å². The van der Waals surface area contributed by atoms with Crippen molar-refractivity contribution in [2.24, 2.45) is 5.73 Å². The number of methoxy groups -OCH3 is 1. The molecule has 0 radical (unpaired) electrons. The highest BCUT2D eigenvalue weighted by Gasteiger charge is 2.01. The third-order valence-corrected chi connectivity index (χ3v) is 3.19. The summed E-state index contributed by atoms with van der Waals surface area (Å²) in [4.78, 5) is 0. The molecular formula is C15H16BrNO2. The van der Waals surface area contributed by atoms with Crippen LogP contribution in [0.25, 0.3) is 0 Å². The molecule has 2 aromatic carbocycles. The maximum atomic E-state index is 5.76. The molecule has 0 heterocycles. The molecule has 0 aliphatic rings. The highest BCUT2D eigenvalue weighted by Crippen LogP contribution is 2.22. The molecule has 0 bridgehead atoms. The minimum absolute atomic E-state index is 0.498. The lowest BCUT2D eigenvalue weighted by atomic mass is 10.2. The van der Waals surface area contributed by atoms with Gasteiger partial charge in [0.2, 0.25) is 0 Å². The van der Waals surface area contributed by atoms with Gasteiger partial charge in [0.05, 0.1) is 7.11 Å². The summed E-state index contributed by atoms with van der Waals surface area (Å²) < 4.78 is 11.9. The van der Waals surface area contributed by atoms with E-state index in [1.54, 1.807) is 7.11 Å². The van der Waals surface area contributed by atoms with Crippen LogP contribution in [0.3, 0.4) is 0 Å². The Balaban J connectivity index is 2.03. The summed E-state index contributed by atoms with van der Waals surface area (Å²) in [6, 6.07) is 13.7. The molecule has 0 aliphatic heterocycles. The summed E-state index contributed by atoms with van der Waals surface area (Å²) in [5.41, 5.74) is 7.77. The van der Waals surface area contributed by atoms with E-state index >= 15 is 0 Å². The minimum atomic E-state index is 0.498. The van der Waals surface area contributed by atoms with Crippen molar-refractivity contribution < 1.29 is 9.47 Å². The predicted molar refractivity (Wildman–Crippen MR) is 79.4 cm³/mol. The van der Waals surface area contributed by atoms with Gasteiger partial charge in [-0.25, -0.2) is 0 Å². The van der Waals surface area contributed by atoms with Gasteiger partial charge in [-0.1, -0.05) is 28.1 Å². The molecule has 0 aromatic heterocycles. The van der Waals surface area contributed by atoms with Crippen molar-refractivity contribution in [3.63, 3.8) is 0 Å². The normalized spacial score (nSPS) is 10.3. The predicted octanol–water partition coefficient (Wildman–Crippen LogP) is 3.50. The molecule has 2 N–H and O–H groups in total. The van der Waals surface area contributed by atoms with Gasteiger partial charge in [0, 0.05) is 11.0 Å². The van der Waals surface area contributed by atoms with E-state index in [0.29, 0.717) is 13.2 Å². The lowest BCUT2D eigenvalue weighted by molar-refractivity contribution is 0.305. The molecule has 0 saturated heterocycles. The summed E-state index contributed by atoms with van der Waals surface area (Å²) >= 11 is 3.45. The monoisotopic (exact) mass is 321 g/mol. The van der Waals surface area contributed by atoms with Crippen LogP contribution in [0.1, 0.15) is 11.1 Å². The van der Waals surface area contributed by atoms with E-state index in [0.717, 1.165) is 27.1 Å². The van der Waals surface area contributed by atoms with Gasteiger partial charge in [-0.15, -0.1) is 0 Å². The van der Waals surface area contributed by atoms with Gasteiger partial charge < -0.3 is 15.2 Å². The Bertz CT molecular complexity index is 540. The maximum Gasteiger partial charge on any atom is 0.121 e. The average Bonchev–Trinajstić information content (AvgIpc) is 2.45. The van der Waals surface area contributed by atoms with Gasteiger partial charge >= 0.3 is 0 Å². The molecule has 0 amide bonds. The highest BCUT2D eigenvalue weighted by atomic mass is 79.9. The molecule has 2 aromatic rings. The van der Waals surface area contributed by atoms with Crippen LogP contribution in [0.5, 0.6) is 11.5 Å². The zero-order valence-corrected chi connectivity index (χ0v) is 12.3. The molecule has 19 heavy (non-hydrogen) atoms. The van der Waals surface area contributed by atoms with E-state index < -0.39 is 0 Å². The summed E-state index contributed by atoms with van der Waals surface area (Å²) in [6.07, 6.45) is 0. The minimum Gasteiger partial charge on any atom is -0.497 e. The van der Waals surface area contributed by atoms with Crippen molar-refractivity contribution in [1.29, 1.82) is 0 Å². The lowest BCUT2D eigenvalue weighted by Crippen LogP contribution is -1.99. The average molecular weight is 322 g/mol. The van der Waals surface area contributed by atoms with Crippen molar-refractivity contribution >= 4 is 15.9 Å². The van der Waals surface area contributed by atoms with E-state index in [1.165, 1.54) is 0 Å². The summed E-state index contributed by atoms with van der Waals surface area (Å²) in [5, 5.41) is 0. The smallest absolute Gasteiger partial charge is 0.121 e. The second-order valence-electron chi connectivity index (χ2n) is 4.14. The second kappa shape index (κ2) is 6.59. The van der Waals surface area contributed by atoms with Crippen LogP contribution < -0.4 is 15.2 Å². The molecule has 3 nitrogen and oxygen atoms in total. The Morgan fingerprint density at radius 3 is 2.37 bits per heavy atom. The first-order valence-corrected chi connectivity index (χ1v) is 6.76. The number of rotatable bonds is 5.